The topological polar surface area (TPSA) is 59.3 Å². The number of carbonyl (C=O) groups excluding carboxylic acids is 1. The van der Waals surface area contributed by atoms with Gasteiger partial charge in [0.15, 0.2) is 0 Å². The zero-order chi connectivity index (χ0) is 16.1. The maximum absolute atomic E-state index is 11.2. The molecule has 0 fully saturated rings. The van der Waals surface area contributed by atoms with Crippen molar-refractivity contribution < 1.29 is 14.3 Å². The Hall–Kier alpha value is -2.22. The fourth-order valence-corrected chi connectivity index (χ4v) is 2.26. The van der Waals surface area contributed by atoms with Crippen LogP contribution in [0.4, 0.5) is 0 Å². The Balaban J connectivity index is 2.22. The average molecular weight is 336 g/mol. The van der Waals surface area contributed by atoms with Gasteiger partial charge in [-0.1, -0.05) is 29.3 Å². The van der Waals surface area contributed by atoms with Crippen LogP contribution in [-0.2, 0) is 16.0 Å². The summed E-state index contributed by atoms with van der Waals surface area (Å²) in [6.07, 6.45) is 0.131. The first kappa shape index (κ1) is 16.2. The van der Waals surface area contributed by atoms with Crippen molar-refractivity contribution in [2.75, 3.05) is 7.11 Å². The molecule has 0 unspecified atom stereocenters. The van der Waals surface area contributed by atoms with E-state index in [1.807, 2.05) is 6.07 Å². The molecule has 0 saturated heterocycles. The zero-order valence-corrected chi connectivity index (χ0v) is 13.1. The van der Waals surface area contributed by atoms with E-state index in [2.05, 4.69) is 4.74 Å². The lowest BCUT2D eigenvalue weighted by atomic mass is 10.1. The number of carbonyl (C=O) groups is 1. The predicted octanol–water partition coefficient (Wildman–Crippen LogP) is 4.37. The lowest BCUT2D eigenvalue weighted by Crippen LogP contribution is -2.04. The van der Waals surface area contributed by atoms with E-state index in [9.17, 15) is 4.79 Å². The molecular formula is C16H11Cl2NO3. The highest BCUT2D eigenvalue weighted by Crippen LogP contribution is 2.32. The number of benzene rings is 2. The van der Waals surface area contributed by atoms with Crippen molar-refractivity contribution >= 4 is 29.2 Å². The summed E-state index contributed by atoms with van der Waals surface area (Å²) in [5.41, 5.74) is 1.11. The van der Waals surface area contributed by atoms with Crippen LogP contribution in [0.25, 0.3) is 0 Å². The molecule has 112 valence electrons. The minimum atomic E-state index is -0.349. The van der Waals surface area contributed by atoms with Crippen LogP contribution in [0.2, 0.25) is 10.0 Å². The molecule has 0 aliphatic heterocycles. The van der Waals surface area contributed by atoms with E-state index in [1.165, 1.54) is 13.2 Å². The number of hydrogen-bond donors (Lipinski definition) is 0. The van der Waals surface area contributed by atoms with Gasteiger partial charge in [-0.05, 0) is 35.9 Å². The molecule has 0 bridgehead atoms. The number of methoxy groups -OCH3 is 1. The highest BCUT2D eigenvalue weighted by Gasteiger charge is 2.09. The molecular weight excluding hydrogens is 325 g/mol. The Kier molecular flexibility index (Phi) is 5.26. The predicted molar refractivity (Wildman–Crippen MR) is 83.4 cm³/mol. The molecule has 2 rings (SSSR count). The van der Waals surface area contributed by atoms with Gasteiger partial charge in [0.05, 0.1) is 30.2 Å². The molecule has 2 aromatic carbocycles. The Morgan fingerprint density at radius 1 is 1.23 bits per heavy atom. The summed E-state index contributed by atoms with van der Waals surface area (Å²) < 4.78 is 10.2. The number of nitriles is 1. The van der Waals surface area contributed by atoms with E-state index in [1.54, 1.807) is 30.3 Å². The van der Waals surface area contributed by atoms with Gasteiger partial charge in [-0.25, -0.2) is 0 Å². The van der Waals surface area contributed by atoms with E-state index < -0.39 is 0 Å². The van der Waals surface area contributed by atoms with Gasteiger partial charge in [0, 0.05) is 5.02 Å². The van der Waals surface area contributed by atoms with E-state index in [0.717, 1.165) is 0 Å². The maximum atomic E-state index is 11.2. The zero-order valence-electron chi connectivity index (χ0n) is 11.6. The summed E-state index contributed by atoms with van der Waals surface area (Å²) in [4.78, 5) is 11.2. The van der Waals surface area contributed by atoms with Crippen LogP contribution in [0.5, 0.6) is 11.5 Å². The lowest BCUT2D eigenvalue weighted by Gasteiger charge is -2.09. The molecule has 0 atom stereocenters. The van der Waals surface area contributed by atoms with Gasteiger partial charge >= 0.3 is 5.97 Å². The number of ether oxygens (including phenoxy) is 2. The summed E-state index contributed by atoms with van der Waals surface area (Å²) in [6.45, 7) is 0. The van der Waals surface area contributed by atoms with Gasteiger partial charge < -0.3 is 9.47 Å². The van der Waals surface area contributed by atoms with Gasteiger partial charge in [-0.15, -0.1) is 0 Å². The van der Waals surface area contributed by atoms with E-state index in [-0.39, 0.29) is 12.4 Å². The monoisotopic (exact) mass is 335 g/mol. The third kappa shape index (κ3) is 4.14. The van der Waals surface area contributed by atoms with Crippen LogP contribution >= 0.6 is 23.2 Å². The Labute approximate surface area is 137 Å². The van der Waals surface area contributed by atoms with Crippen LogP contribution in [0.15, 0.2) is 36.4 Å². The summed E-state index contributed by atoms with van der Waals surface area (Å²) in [7, 11) is 1.33. The second-order valence-corrected chi connectivity index (χ2v) is 5.25. The summed E-state index contributed by atoms with van der Waals surface area (Å²) in [5, 5.41) is 9.66. The van der Waals surface area contributed by atoms with Gasteiger partial charge in [-0.3, -0.25) is 4.79 Å². The molecule has 0 spiro atoms. The molecule has 0 radical (unpaired) electrons. The van der Waals surface area contributed by atoms with Crippen LogP contribution in [-0.4, -0.2) is 13.1 Å². The fraction of sp³-hybridized carbons (Fsp3) is 0.125. The fourth-order valence-electron chi connectivity index (χ4n) is 1.79. The molecule has 22 heavy (non-hydrogen) atoms. The third-order valence-electron chi connectivity index (χ3n) is 2.80. The number of esters is 1. The number of nitrogens with zero attached hydrogens (tertiary/aromatic N) is 1. The van der Waals surface area contributed by atoms with E-state index >= 15 is 0 Å². The SMILES string of the molecule is COC(=O)Cc1ccc(Oc2cc(Cl)cc(C#N)c2)c(Cl)c1. The van der Waals surface area contributed by atoms with Crippen molar-refractivity contribution in [3.05, 3.63) is 57.6 Å². The van der Waals surface area contributed by atoms with Crippen LogP contribution in [0.1, 0.15) is 11.1 Å². The summed E-state index contributed by atoms with van der Waals surface area (Å²) in [5.74, 6) is 0.464. The molecule has 0 aliphatic rings. The smallest absolute Gasteiger partial charge is 0.309 e. The van der Waals surface area contributed by atoms with E-state index in [0.29, 0.717) is 32.7 Å². The largest absolute Gasteiger partial charge is 0.469 e. The van der Waals surface area contributed by atoms with Crippen molar-refractivity contribution in [2.24, 2.45) is 0 Å². The molecule has 0 aromatic heterocycles. The van der Waals surface area contributed by atoms with E-state index in [4.69, 9.17) is 33.2 Å². The van der Waals surface area contributed by atoms with Crippen molar-refractivity contribution in [1.82, 2.24) is 0 Å². The van der Waals surface area contributed by atoms with Crippen LogP contribution < -0.4 is 4.74 Å². The van der Waals surface area contributed by atoms with Crippen molar-refractivity contribution in [3.63, 3.8) is 0 Å². The second-order valence-electron chi connectivity index (χ2n) is 4.41. The Morgan fingerprint density at radius 3 is 2.64 bits per heavy atom. The maximum Gasteiger partial charge on any atom is 0.309 e. The number of halogens is 2. The molecule has 6 heteroatoms. The highest BCUT2D eigenvalue weighted by molar-refractivity contribution is 6.32. The summed E-state index contributed by atoms with van der Waals surface area (Å²) in [6, 6.07) is 11.7. The molecule has 0 heterocycles. The Bertz CT molecular complexity index is 754. The average Bonchev–Trinajstić information content (AvgIpc) is 2.49. The minimum absolute atomic E-state index is 0.131. The summed E-state index contributed by atoms with van der Waals surface area (Å²) >= 11 is 12.1. The van der Waals surface area contributed by atoms with Crippen LogP contribution in [0, 0.1) is 11.3 Å². The van der Waals surface area contributed by atoms with Gasteiger partial charge in [-0.2, -0.15) is 5.26 Å². The van der Waals surface area contributed by atoms with Crippen molar-refractivity contribution in [2.45, 2.75) is 6.42 Å². The minimum Gasteiger partial charge on any atom is -0.469 e. The van der Waals surface area contributed by atoms with Crippen LogP contribution in [0.3, 0.4) is 0 Å². The van der Waals surface area contributed by atoms with Gasteiger partial charge in [0.1, 0.15) is 11.5 Å². The Morgan fingerprint density at radius 2 is 2.00 bits per heavy atom. The first-order chi connectivity index (χ1) is 10.5. The first-order valence-electron chi connectivity index (χ1n) is 6.25. The van der Waals surface area contributed by atoms with Gasteiger partial charge in [0.25, 0.3) is 0 Å². The standard InChI is InChI=1S/C16H11Cl2NO3/c1-21-16(20)7-10-2-3-15(14(18)6-10)22-13-5-11(9-19)4-12(17)8-13/h2-6,8H,7H2,1H3. The molecule has 2 aromatic rings. The number of rotatable bonds is 4. The van der Waals surface area contributed by atoms with Crippen molar-refractivity contribution in [1.29, 1.82) is 5.26 Å². The number of hydrogen-bond acceptors (Lipinski definition) is 4. The second kappa shape index (κ2) is 7.17. The quantitative estimate of drug-likeness (QED) is 0.778. The molecule has 0 saturated carbocycles. The normalized spacial score (nSPS) is 9.91. The van der Waals surface area contributed by atoms with Gasteiger partial charge in [0.2, 0.25) is 0 Å². The van der Waals surface area contributed by atoms with Crippen molar-refractivity contribution in [3.8, 4) is 17.6 Å². The molecule has 0 aliphatic carbocycles. The highest BCUT2D eigenvalue weighted by atomic mass is 35.5. The lowest BCUT2D eigenvalue weighted by molar-refractivity contribution is -0.139. The third-order valence-corrected chi connectivity index (χ3v) is 3.31. The first-order valence-corrected chi connectivity index (χ1v) is 7.01. The molecule has 4 nitrogen and oxygen atoms in total. The molecule has 0 N–H and O–H groups in total. The molecule has 0 amide bonds.